The first kappa shape index (κ1) is 12.2. The molecule has 1 rings (SSSR count). The highest BCUT2D eigenvalue weighted by molar-refractivity contribution is 5.32. The molecule has 0 atom stereocenters. The lowest BCUT2D eigenvalue weighted by Gasteiger charge is -2.28. The van der Waals surface area contributed by atoms with Crippen LogP contribution in [0.25, 0.3) is 0 Å². The molecule has 0 aliphatic heterocycles. The summed E-state index contributed by atoms with van der Waals surface area (Å²) in [6.45, 7) is 11.9. The van der Waals surface area contributed by atoms with Crippen LogP contribution in [0.4, 0.5) is 0 Å². The quantitative estimate of drug-likeness (QED) is 0.768. The molecule has 0 aliphatic carbocycles. The van der Waals surface area contributed by atoms with Gasteiger partial charge < -0.3 is 5.11 Å². The summed E-state index contributed by atoms with van der Waals surface area (Å²) in [5.74, 6) is 0. The first-order valence-corrected chi connectivity index (χ1v) is 5.33. The van der Waals surface area contributed by atoms with Crippen LogP contribution in [0.5, 0.6) is 0 Å². The predicted octanol–water partition coefficient (Wildman–Crippen LogP) is 2.91. The number of aryl methyl sites for hydroxylation is 1. The molecular weight excluding hydrogens is 186 g/mol. The first-order chi connectivity index (χ1) is 6.62. The zero-order valence-corrected chi connectivity index (χ0v) is 10.5. The Morgan fingerprint density at radius 1 is 1.07 bits per heavy atom. The van der Waals surface area contributed by atoms with Crippen LogP contribution in [-0.4, -0.2) is 10.1 Å². The molecule has 0 radical (unpaired) electrons. The third-order valence-electron chi connectivity index (χ3n) is 2.42. The van der Waals surface area contributed by atoms with E-state index in [1.165, 1.54) is 0 Å². The zero-order chi connectivity index (χ0) is 11.9. The smallest absolute Gasteiger partial charge is 0.101 e. The molecule has 1 heterocycles. The van der Waals surface area contributed by atoms with Crippen LogP contribution in [-0.2, 0) is 11.0 Å². The Hall–Kier alpha value is -0.890. The van der Waals surface area contributed by atoms with Crippen molar-refractivity contribution in [3.05, 3.63) is 29.1 Å². The summed E-state index contributed by atoms with van der Waals surface area (Å²) in [4.78, 5) is 4.46. The molecule has 84 valence electrons. The molecule has 0 saturated carbocycles. The second kappa shape index (κ2) is 3.60. The number of aromatic nitrogens is 1. The molecule has 0 spiro atoms. The zero-order valence-electron chi connectivity index (χ0n) is 10.5. The molecule has 0 aromatic carbocycles. The van der Waals surface area contributed by atoms with Gasteiger partial charge in [0.2, 0.25) is 0 Å². The molecule has 0 unspecified atom stereocenters. The van der Waals surface area contributed by atoms with Gasteiger partial charge in [-0.2, -0.15) is 0 Å². The number of hydrogen-bond acceptors (Lipinski definition) is 2. The van der Waals surface area contributed by atoms with Crippen molar-refractivity contribution >= 4 is 0 Å². The topological polar surface area (TPSA) is 33.1 Å². The van der Waals surface area contributed by atoms with Crippen LogP contribution in [0.15, 0.2) is 12.1 Å². The maximum atomic E-state index is 10.1. The molecule has 0 aliphatic rings. The van der Waals surface area contributed by atoms with E-state index in [-0.39, 0.29) is 5.41 Å². The van der Waals surface area contributed by atoms with Gasteiger partial charge in [-0.25, -0.2) is 0 Å². The van der Waals surface area contributed by atoms with E-state index in [4.69, 9.17) is 0 Å². The maximum absolute atomic E-state index is 10.1. The number of rotatable bonds is 1. The Balaban J connectivity index is 3.41. The summed E-state index contributed by atoms with van der Waals surface area (Å²) in [6.07, 6.45) is 0. The fourth-order valence-corrected chi connectivity index (χ4v) is 1.63. The summed E-state index contributed by atoms with van der Waals surface area (Å²) in [5, 5.41) is 10.1. The maximum Gasteiger partial charge on any atom is 0.101 e. The molecule has 0 amide bonds. The standard InChI is InChI=1S/C13H21NO/c1-9-7-8-10(12(2,3)4)11(14-9)13(5,6)15/h7-8,15H,1-6H3. The second-order valence-corrected chi connectivity index (χ2v) is 5.66. The molecule has 0 fully saturated rings. The number of hydrogen-bond donors (Lipinski definition) is 1. The molecule has 1 aromatic heterocycles. The van der Waals surface area contributed by atoms with E-state index in [0.29, 0.717) is 0 Å². The van der Waals surface area contributed by atoms with E-state index < -0.39 is 5.60 Å². The SMILES string of the molecule is Cc1ccc(C(C)(C)C)c(C(C)(C)O)n1. The summed E-state index contributed by atoms with van der Waals surface area (Å²) < 4.78 is 0. The monoisotopic (exact) mass is 207 g/mol. The summed E-state index contributed by atoms with van der Waals surface area (Å²) in [7, 11) is 0. The molecule has 0 saturated heterocycles. The number of nitrogens with zero attached hydrogens (tertiary/aromatic N) is 1. The van der Waals surface area contributed by atoms with E-state index in [0.717, 1.165) is 17.0 Å². The van der Waals surface area contributed by atoms with Crippen LogP contribution in [0, 0.1) is 6.92 Å². The highest BCUT2D eigenvalue weighted by Gasteiger charge is 2.27. The van der Waals surface area contributed by atoms with Crippen LogP contribution >= 0.6 is 0 Å². The van der Waals surface area contributed by atoms with Crippen molar-refractivity contribution in [2.24, 2.45) is 0 Å². The summed E-state index contributed by atoms with van der Waals surface area (Å²) in [5.41, 5.74) is 1.97. The lowest BCUT2D eigenvalue weighted by atomic mass is 9.82. The van der Waals surface area contributed by atoms with Gasteiger partial charge in [-0.15, -0.1) is 0 Å². The number of aliphatic hydroxyl groups is 1. The highest BCUT2D eigenvalue weighted by Crippen LogP contribution is 2.31. The molecule has 2 heteroatoms. The third-order valence-corrected chi connectivity index (χ3v) is 2.42. The Labute approximate surface area is 92.4 Å². The van der Waals surface area contributed by atoms with Crippen molar-refractivity contribution in [3.63, 3.8) is 0 Å². The Morgan fingerprint density at radius 2 is 1.60 bits per heavy atom. The molecule has 0 bridgehead atoms. The lowest BCUT2D eigenvalue weighted by Crippen LogP contribution is -2.25. The van der Waals surface area contributed by atoms with Crippen LogP contribution in [0.3, 0.4) is 0 Å². The Kier molecular flexibility index (Phi) is 2.92. The van der Waals surface area contributed by atoms with Gasteiger partial charge in [-0.3, -0.25) is 4.98 Å². The second-order valence-electron chi connectivity index (χ2n) is 5.66. The van der Waals surface area contributed by atoms with Crippen molar-refractivity contribution in [2.75, 3.05) is 0 Å². The number of pyridine rings is 1. The molecule has 1 N–H and O–H groups in total. The minimum absolute atomic E-state index is 0.00995. The van der Waals surface area contributed by atoms with Gasteiger partial charge in [0.25, 0.3) is 0 Å². The van der Waals surface area contributed by atoms with Crippen LogP contribution in [0.2, 0.25) is 0 Å². The van der Waals surface area contributed by atoms with Gasteiger partial charge in [0.15, 0.2) is 0 Å². The largest absolute Gasteiger partial charge is 0.384 e. The molecule has 1 aromatic rings. The van der Waals surface area contributed by atoms with Crippen molar-refractivity contribution in [1.29, 1.82) is 0 Å². The summed E-state index contributed by atoms with van der Waals surface area (Å²) >= 11 is 0. The third kappa shape index (κ3) is 2.78. The molecule has 2 nitrogen and oxygen atoms in total. The molecule has 15 heavy (non-hydrogen) atoms. The fraction of sp³-hybridized carbons (Fsp3) is 0.615. The van der Waals surface area contributed by atoms with Crippen molar-refractivity contribution < 1.29 is 5.11 Å². The van der Waals surface area contributed by atoms with Crippen molar-refractivity contribution in [3.8, 4) is 0 Å². The van der Waals surface area contributed by atoms with Crippen LogP contribution in [0.1, 0.15) is 51.6 Å². The average molecular weight is 207 g/mol. The van der Waals surface area contributed by atoms with E-state index in [2.05, 4.69) is 31.8 Å². The van der Waals surface area contributed by atoms with Gasteiger partial charge in [-0.05, 0) is 37.8 Å². The van der Waals surface area contributed by atoms with E-state index in [9.17, 15) is 5.11 Å². The summed E-state index contributed by atoms with van der Waals surface area (Å²) in [6, 6.07) is 4.06. The normalized spacial score (nSPS) is 13.0. The van der Waals surface area contributed by atoms with Gasteiger partial charge in [-0.1, -0.05) is 26.8 Å². The Morgan fingerprint density at radius 3 is 2.00 bits per heavy atom. The average Bonchev–Trinajstić information content (AvgIpc) is 2.00. The van der Waals surface area contributed by atoms with Gasteiger partial charge >= 0.3 is 0 Å². The van der Waals surface area contributed by atoms with Crippen molar-refractivity contribution in [1.82, 2.24) is 4.98 Å². The molecular formula is C13H21NO. The first-order valence-electron chi connectivity index (χ1n) is 5.33. The minimum atomic E-state index is -0.880. The highest BCUT2D eigenvalue weighted by atomic mass is 16.3. The fourth-order valence-electron chi connectivity index (χ4n) is 1.63. The van der Waals surface area contributed by atoms with E-state index >= 15 is 0 Å². The van der Waals surface area contributed by atoms with Crippen LogP contribution < -0.4 is 0 Å². The Bertz CT molecular complexity index is 356. The van der Waals surface area contributed by atoms with Crippen molar-refractivity contribution in [2.45, 2.75) is 52.6 Å². The van der Waals surface area contributed by atoms with E-state index in [1.807, 2.05) is 13.0 Å². The van der Waals surface area contributed by atoms with E-state index in [1.54, 1.807) is 13.8 Å². The van der Waals surface area contributed by atoms with Gasteiger partial charge in [0, 0.05) is 5.69 Å². The predicted molar refractivity (Wildman–Crippen MR) is 62.9 cm³/mol. The minimum Gasteiger partial charge on any atom is -0.384 e. The lowest BCUT2D eigenvalue weighted by molar-refractivity contribution is 0.0715. The van der Waals surface area contributed by atoms with Gasteiger partial charge in [0.1, 0.15) is 5.60 Å². The van der Waals surface area contributed by atoms with Gasteiger partial charge in [0.05, 0.1) is 5.69 Å².